The van der Waals surface area contributed by atoms with E-state index >= 15 is 0 Å². The van der Waals surface area contributed by atoms with Crippen LogP contribution < -0.4 is 10.2 Å². The molecule has 2 aromatic carbocycles. The minimum Gasteiger partial charge on any atom is -0.457 e. The van der Waals surface area contributed by atoms with Crippen LogP contribution >= 0.6 is 0 Å². The average molecular weight is 365 g/mol. The maximum atomic E-state index is 11.0. The standard InChI is InChI=1S/C21H23N3O3/c25-21(23-26)9-5-4-6-18-14-15-24(22-18)16-17-10-12-20(13-11-17)27-19-7-2-1-3-8-19/h1-3,7-8,10-15,26H,4-6,9,16H2,(H,23,25). The van der Waals surface area contributed by atoms with E-state index in [0.29, 0.717) is 13.0 Å². The van der Waals surface area contributed by atoms with Crippen molar-refractivity contribution < 1.29 is 14.7 Å². The van der Waals surface area contributed by atoms with E-state index in [4.69, 9.17) is 9.94 Å². The number of aryl methyl sites for hydroxylation is 1. The van der Waals surface area contributed by atoms with Crippen molar-refractivity contribution in [3.63, 3.8) is 0 Å². The Balaban J connectivity index is 1.48. The van der Waals surface area contributed by atoms with Crippen molar-refractivity contribution in [2.75, 3.05) is 0 Å². The van der Waals surface area contributed by atoms with Crippen LogP contribution in [-0.4, -0.2) is 20.9 Å². The summed E-state index contributed by atoms with van der Waals surface area (Å²) >= 11 is 0. The van der Waals surface area contributed by atoms with Gasteiger partial charge in [-0.1, -0.05) is 30.3 Å². The van der Waals surface area contributed by atoms with Crippen LogP contribution in [0.2, 0.25) is 0 Å². The monoisotopic (exact) mass is 365 g/mol. The molecule has 27 heavy (non-hydrogen) atoms. The zero-order valence-electron chi connectivity index (χ0n) is 15.0. The summed E-state index contributed by atoms with van der Waals surface area (Å²) in [5.74, 6) is 1.27. The van der Waals surface area contributed by atoms with Gasteiger partial charge in [0.05, 0.1) is 12.2 Å². The number of hydrogen-bond donors (Lipinski definition) is 2. The SMILES string of the molecule is O=C(CCCCc1ccn(Cc2ccc(Oc3ccccc3)cc2)n1)NO. The fraction of sp³-hybridized carbons (Fsp3) is 0.238. The van der Waals surface area contributed by atoms with Crippen LogP contribution in [0, 0.1) is 0 Å². The van der Waals surface area contributed by atoms with Crippen molar-refractivity contribution in [1.29, 1.82) is 0 Å². The highest BCUT2D eigenvalue weighted by atomic mass is 16.5. The van der Waals surface area contributed by atoms with Crippen molar-refractivity contribution in [2.24, 2.45) is 0 Å². The quantitative estimate of drug-likeness (QED) is 0.342. The number of amides is 1. The molecule has 6 heteroatoms. The summed E-state index contributed by atoms with van der Waals surface area (Å²) < 4.78 is 7.71. The average Bonchev–Trinajstić information content (AvgIpc) is 3.14. The predicted molar refractivity (Wildman–Crippen MR) is 102 cm³/mol. The lowest BCUT2D eigenvalue weighted by atomic mass is 10.1. The van der Waals surface area contributed by atoms with Gasteiger partial charge >= 0.3 is 0 Å². The maximum absolute atomic E-state index is 11.0. The fourth-order valence-electron chi connectivity index (χ4n) is 2.75. The van der Waals surface area contributed by atoms with E-state index in [1.54, 1.807) is 5.48 Å². The number of aromatic nitrogens is 2. The highest BCUT2D eigenvalue weighted by Gasteiger charge is 2.03. The number of benzene rings is 2. The van der Waals surface area contributed by atoms with Crippen LogP contribution in [0.4, 0.5) is 0 Å². The van der Waals surface area contributed by atoms with Crippen molar-refractivity contribution >= 4 is 5.91 Å². The Kier molecular flexibility index (Phi) is 6.60. The van der Waals surface area contributed by atoms with Gasteiger partial charge in [0.1, 0.15) is 11.5 Å². The molecule has 0 saturated carbocycles. The first-order chi connectivity index (χ1) is 13.2. The molecule has 6 nitrogen and oxygen atoms in total. The molecule has 0 bridgehead atoms. The third-order valence-electron chi connectivity index (χ3n) is 4.15. The normalized spacial score (nSPS) is 10.6. The summed E-state index contributed by atoms with van der Waals surface area (Å²) in [5, 5.41) is 13.0. The Morgan fingerprint density at radius 1 is 1.00 bits per heavy atom. The molecular weight excluding hydrogens is 342 g/mol. The van der Waals surface area contributed by atoms with Crippen LogP contribution in [0.3, 0.4) is 0 Å². The largest absolute Gasteiger partial charge is 0.457 e. The highest BCUT2D eigenvalue weighted by molar-refractivity contribution is 5.74. The van der Waals surface area contributed by atoms with Crippen LogP contribution in [0.15, 0.2) is 66.9 Å². The summed E-state index contributed by atoms with van der Waals surface area (Å²) in [6, 6.07) is 19.7. The molecular formula is C21H23N3O3. The van der Waals surface area contributed by atoms with E-state index in [9.17, 15) is 4.79 Å². The van der Waals surface area contributed by atoms with Crippen LogP contribution in [-0.2, 0) is 17.8 Å². The predicted octanol–water partition coefficient (Wildman–Crippen LogP) is 3.94. The van der Waals surface area contributed by atoms with E-state index in [1.807, 2.05) is 71.5 Å². The van der Waals surface area contributed by atoms with E-state index in [-0.39, 0.29) is 5.91 Å². The van der Waals surface area contributed by atoms with Gasteiger partial charge in [0.2, 0.25) is 5.91 Å². The summed E-state index contributed by atoms with van der Waals surface area (Å²) in [4.78, 5) is 11.0. The second kappa shape index (κ2) is 9.54. The molecule has 140 valence electrons. The van der Waals surface area contributed by atoms with Gasteiger partial charge in [-0.3, -0.25) is 14.7 Å². The number of ether oxygens (including phenoxy) is 1. The Hall–Kier alpha value is -3.12. The van der Waals surface area contributed by atoms with E-state index in [0.717, 1.165) is 42.0 Å². The molecule has 0 spiro atoms. The van der Waals surface area contributed by atoms with Gasteiger partial charge in [0.15, 0.2) is 0 Å². The van der Waals surface area contributed by atoms with Gasteiger partial charge in [-0.15, -0.1) is 0 Å². The molecule has 1 aromatic heterocycles. The number of para-hydroxylation sites is 1. The second-order valence-electron chi connectivity index (χ2n) is 6.31. The number of unbranched alkanes of at least 4 members (excludes halogenated alkanes) is 1. The third kappa shape index (κ3) is 5.97. The lowest BCUT2D eigenvalue weighted by Crippen LogP contribution is -2.17. The second-order valence-corrected chi connectivity index (χ2v) is 6.31. The summed E-state index contributed by atoms with van der Waals surface area (Å²) in [6.45, 7) is 0.693. The van der Waals surface area contributed by atoms with Crippen LogP contribution in [0.1, 0.15) is 30.5 Å². The molecule has 0 unspecified atom stereocenters. The smallest absolute Gasteiger partial charge is 0.243 e. The van der Waals surface area contributed by atoms with Crippen molar-refractivity contribution in [3.05, 3.63) is 78.1 Å². The van der Waals surface area contributed by atoms with Crippen molar-refractivity contribution in [2.45, 2.75) is 32.2 Å². The number of nitrogens with zero attached hydrogens (tertiary/aromatic N) is 2. The van der Waals surface area contributed by atoms with E-state index in [2.05, 4.69) is 5.10 Å². The minimum atomic E-state index is -0.347. The van der Waals surface area contributed by atoms with E-state index in [1.165, 1.54) is 0 Å². The number of nitrogens with one attached hydrogen (secondary N) is 1. The number of carbonyl (C=O) groups is 1. The first-order valence-corrected chi connectivity index (χ1v) is 9.00. The first kappa shape index (κ1) is 18.7. The van der Waals surface area contributed by atoms with E-state index < -0.39 is 0 Å². The molecule has 0 saturated heterocycles. The van der Waals surface area contributed by atoms with Gasteiger partial charge in [0.25, 0.3) is 0 Å². The molecule has 1 amide bonds. The molecule has 0 aliphatic carbocycles. The Labute approximate surface area is 158 Å². The summed E-state index contributed by atoms with van der Waals surface area (Å²) in [5.41, 5.74) is 3.79. The molecule has 3 rings (SSSR count). The molecule has 0 atom stereocenters. The molecule has 0 fully saturated rings. The van der Waals surface area contributed by atoms with Crippen LogP contribution in [0.5, 0.6) is 11.5 Å². The maximum Gasteiger partial charge on any atom is 0.243 e. The zero-order chi connectivity index (χ0) is 18.9. The molecule has 2 N–H and O–H groups in total. The van der Waals surface area contributed by atoms with Crippen molar-refractivity contribution in [1.82, 2.24) is 15.3 Å². The Morgan fingerprint density at radius 2 is 1.74 bits per heavy atom. The lowest BCUT2D eigenvalue weighted by Gasteiger charge is -2.07. The fourth-order valence-corrected chi connectivity index (χ4v) is 2.75. The third-order valence-corrected chi connectivity index (χ3v) is 4.15. The Bertz CT molecular complexity index is 845. The molecule has 0 aliphatic rings. The van der Waals surface area contributed by atoms with Gasteiger partial charge in [-0.2, -0.15) is 5.10 Å². The lowest BCUT2D eigenvalue weighted by molar-refractivity contribution is -0.129. The Morgan fingerprint density at radius 3 is 2.48 bits per heavy atom. The van der Waals surface area contributed by atoms with Gasteiger partial charge in [-0.25, -0.2) is 5.48 Å². The van der Waals surface area contributed by atoms with Gasteiger partial charge in [-0.05, 0) is 55.2 Å². The van der Waals surface area contributed by atoms with Crippen molar-refractivity contribution in [3.8, 4) is 11.5 Å². The number of hydrogen-bond acceptors (Lipinski definition) is 4. The van der Waals surface area contributed by atoms with Crippen LogP contribution in [0.25, 0.3) is 0 Å². The summed E-state index contributed by atoms with van der Waals surface area (Å²) in [7, 11) is 0. The number of carbonyl (C=O) groups excluding carboxylic acids is 1. The molecule has 0 aliphatic heterocycles. The highest BCUT2D eigenvalue weighted by Crippen LogP contribution is 2.21. The van der Waals surface area contributed by atoms with Gasteiger partial charge in [0, 0.05) is 12.6 Å². The first-order valence-electron chi connectivity index (χ1n) is 9.00. The molecule has 0 radical (unpaired) electrons. The molecule has 1 heterocycles. The van der Waals surface area contributed by atoms with Gasteiger partial charge < -0.3 is 4.74 Å². The zero-order valence-corrected chi connectivity index (χ0v) is 15.0. The molecule has 3 aromatic rings. The number of rotatable bonds is 9. The minimum absolute atomic E-state index is 0.328. The summed E-state index contributed by atoms with van der Waals surface area (Å²) in [6.07, 6.45) is 4.69. The topological polar surface area (TPSA) is 76.4 Å². The number of hydroxylamine groups is 1.